The van der Waals surface area contributed by atoms with Gasteiger partial charge >= 0.3 is 6.09 Å². The number of ether oxygens (including phenoxy) is 2. The number of carbonyl (C=O) groups is 3. The van der Waals surface area contributed by atoms with Crippen LogP contribution in [0.15, 0.2) is 12.1 Å². The third-order valence-corrected chi connectivity index (χ3v) is 8.00. The molecule has 204 valence electrons. The van der Waals surface area contributed by atoms with E-state index in [1.807, 2.05) is 13.0 Å². The summed E-state index contributed by atoms with van der Waals surface area (Å²) in [5.74, 6) is 0.717. The van der Waals surface area contributed by atoms with E-state index >= 15 is 0 Å². The van der Waals surface area contributed by atoms with Gasteiger partial charge in [-0.1, -0.05) is 19.4 Å². The number of nitrogens with zero attached hydrogens (tertiary/aromatic N) is 2. The van der Waals surface area contributed by atoms with Crippen molar-refractivity contribution in [3.05, 3.63) is 23.3 Å². The van der Waals surface area contributed by atoms with Crippen LogP contribution in [-0.4, -0.2) is 86.0 Å². The minimum atomic E-state index is -0.592. The maximum absolute atomic E-state index is 13.1. The van der Waals surface area contributed by atoms with Crippen LogP contribution in [0.25, 0.3) is 0 Å². The van der Waals surface area contributed by atoms with Crippen molar-refractivity contribution in [1.29, 1.82) is 0 Å². The number of carbonyl (C=O) groups excluding carboxylic acids is 3. The van der Waals surface area contributed by atoms with Crippen LogP contribution in [0, 0.1) is 0 Å². The molecule has 1 unspecified atom stereocenters. The molecule has 10 heteroatoms. The van der Waals surface area contributed by atoms with Gasteiger partial charge in [0, 0.05) is 44.7 Å². The standard InChI is InChI=1S/C27H41N5O5/c1-4-7-20(33)24-27-15-18(32(3)16-27)14-17-9-10-21(23(37-24)22(17)27)36-26(35)31(2)13-12-30-25(34)19(29)8-5-6-11-28/h9-10,18-19,24H,4-8,11-16,28-29H2,1-3H3,(H,30,34)/t18-,19+,24?,27-/m1/s1. The summed E-state index contributed by atoms with van der Waals surface area (Å²) in [6.07, 6.45) is 4.06. The van der Waals surface area contributed by atoms with E-state index < -0.39 is 23.7 Å². The molecule has 0 saturated carbocycles. The first kappa shape index (κ1) is 27.3. The zero-order valence-corrected chi connectivity index (χ0v) is 22.3. The number of unbranched alkanes of at least 4 members (excludes halogenated alkanes) is 1. The van der Waals surface area contributed by atoms with Crippen molar-refractivity contribution in [2.24, 2.45) is 11.5 Å². The SMILES string of the molecule is CCCC(=O)C1Oc2c(OC(=O)N(C)CCNC(=O)[C@@H](N)CCCCN)ccc3c2[C@]12C[C@@H](C3)N(C)C2. The van der Waals surface area contributed by atoms with Crippen LogP contribution in [0.4, 0.5) is 4.79 Å². The van der Waals surface area contributed by atoms with E-state index in [9.17, 15) is 14.4 Å². The van der Waals surface area contributed by atoms with Gasteiger partial charge in [0.05, 0.1) is 11.5 Å². The highest BCUT2D eigenvalue weighted by Gasteiger charge is 2.61. The molecular formula is C27H41N5O5. The molecule has 4 atom stereocenters. The van der Waals surface area contributed by atoms with Crippen molar-refractivity contribution in [1.82, 2.24) is 15.1 Å². The summed E-state index contributed by atoms with van der Waals surface area (Å²) in [5.41, 5.74) is 13.2. The summed E-state index contributed by atoms with van der Waals surface area (Å²) in [6, 6.07) is 3.56. The molecule has 5 N–H and O–H groups in total. The van der Waals surface area contributed by atoms with Crippen LogP contribution < -0.4 is 26.3 Å². The fourth-order valence-corrected chi connectivity index (χ4v) is 6.08. The zero-order valence-electron chi connectivity index (χ0n) is 22.3. The van der Waals surface area contributed by atoms with Crippen LogP contribution in [-0.2, 0) is 21.4 Å². The molecule has 0 radical (unpaired) electrons. The minimum absolute atomic E-state index is 0.104. The zero-order chi connectivity index (χ0) is 26.7. The number of likely N-dealkylation sites (tertiary alicyclic amines) is 1. The Labute approximate surface area is 219 Å². The molecule has 2 heterocycles. The lowest BCUT2D eigenvalue weighted by Crippen LogP contribution is -2.46. The van der Waals surface area contributed by atoms with E-state index in [1.54, 1.807) is 13.1 Å². The van der Waals surface area contributed by atoms with E-state index in [0.717, 1.165) is 44.2 Å². The second-order valence-corrected chi connectivity index (χ2v) is 10.7. The molecule has 1 aliphatic carbocycles. The normalized spacial score (nSPS) is 24.2. The highest BCUT2D eigenvalue weighted by Crippen LogP contribution is 2.58. The highest BCUT2D eigenvalue weighted by molar-refractivity contribution is 5.88. The average molecular weight is 516 g/mol. The van der Waals surface area contributed by atoms with E-state index in [0.29, 0.717) is 36.9 Å². The number of amides is 2. The molecule has 0 aromatic heterocycles. The fraction of sp³-hybridized carbons (Fsp3) is 0.667. The number of fused-ring (bicyclic) bond motifs is 1. The summed E-state index contributed by atoms with van der Waals surface area (Å²) in [7, 11) is 3.71. The smallest absolute Gasteiger partial charge is 0.415 e. The third kappa shape index (κ3) is 5.32. The average Bonchev–Trinajstić information content (AvgIpc) is 3.34. The fourth-order valence-electron chi connectivity index (χ4n) is 6.08. The number of ketones is 1. The molecule has 1 spiro atoms. The lowest BCUT2D eigenvalue weighted by Gasteiger charge is -2.32. The first-order valence-electron chi connectivity index (χ1n) is 13.4. The van der Waals surface area contributed by atoms with Crippen molar-refractivity contribution in [3.63, 3.8) is 0 Å². The second kappa shape index (κ2) is 11.4. The molecule has 4 rings (SSSR count). The van der Waals surface area contributed by atoms with Gasteiger partial charge in [-0.3, -0.25) is 9.59 Å². The van der Waals surface area contributed by atoms with Gasteiger partial charge in [0.1, 0.15) is 0 Å². The van der Waals surface area contributed by atoms with Crippen LogP contribution in [0.5, 0.6) is 11.5 Å². The highest BCUT2D eigenvalue weighted by atomic mass is 16.6. The molecule has 2 aliphatic heterocycles. The van der Waals surface area contributed by atoms with E-state index in [2.05, 4.69) is 17.3 Å². The summed E-state index contributed by atoms with van der Waals surface area (Å²) in [4.78, 5) is 41.9. The molecule has 1 aromatic carbocycles. The first-order valence-corrected chi connectivity index (χ1v) is 13.4. The predicted molar refractivity (Wildman–Crippen MR) is 140 cm³/mol. The summed E-state index contributed by atoms with van der Waals surface area (Å²) in [5, 5.41) is 2.77. The lowest BCUT2D eigenvalue weighted by molar-refractivity contribution is -0.127. The van der Waals surface area contributed by atoms with Crippen molar-refractivity contribution in [2.75, 3.05) is 40.3 Å². The largest absolute Gasteiger partial charge is 0.477 e. The molecular weight excluding hydrogens is 474 g/mol. The Hall–Kier alpha value is -2.69. The lowest BCUT2D eigenvalue weighted by atomic mass is 9.68. The van der Waals surface area contributed by atoms with Gasteiger partial charge in [0.2, 0.25) is 5.91 Å². The summed E-state index contributed by atoms with van der Waals surface area (Å²) >= 11 is 0. The van der Waals surface area contributed by atoms with E-state index in [1.165, 1.54) is 10.5 Å². The van der Waals surface area contributed by atoms with Gasteiger partial charge in [0.15, 0.2) is 23.4 Å². The minimum Gasteiger partial charge on any atom is -0.477 e. The topological polar surface area (TPSA) is 140 Å². The predicted octanol–water partition coefficient (Wildman–Crippen LogP) is 1.32. The number of rotatable bonds is 12. The van der Waals surface area contributed by atoms with Crippen LogP contribution in [0.2, 0.25) is 0 Å². The van der Waals surface area contributed by atoms with Gasteiger partial charge in [-0.2, -0.15) is 0 Å². The Morgan fingerprint density at radius 3 is 2.84 bits per heavy atom. The molecule has 3 aliphatic rings. The number of likely N-dealkylation sites (N-methyl/N-ethyl adjacent to an activating group) is 2. The number of benzene rings is 1. The maximum Gasteiger partial charge on any atom is 0.415 e. The van der Waals surface area contributed by atoms with Crippen molar-refractivity contribution < 1.29 is 23.9 Å². The van der Waals surface area contributed by atoms with Crippen LogP contribution >= 0.6 is 0 Å². The summed E-state index contributed by atoms with van der Waals surface area (Å²) < 4.78 is 12.1. The number of hydrogen-bond acceptors (Lipinski definition) is 8. The van der Waals surface area contributed by atoms with Crippen molar-refractivity contribution in [2.45, 2.75) is 75.5 Å². The molecule has 37 heavy (non-hydrogen) atoms. The molecule has 2 amide bonds. The Bertz CT molecular complexity index is 1030. The van der Waals surface area contributed by atoms with Crippen LogP contribution in [0.1, 0.15) is 56.6 Å². The monoisotopic (exact) mass is 515 g/mol. The van der Waals surface area contributed by atoms with Gasteiger partial charge in [-0.05, 0) is 57.3 Å². The van der Waals surface area contributed by atoms with Gasteiger partial charge in [0.25, 0.3) is 0 Å². The number of nitrogens with two attached hydrogens (primary N) is 2. The second-order valence-electron chi connectivity index (χ2n) is 10.7. The van der Waals surface area contributed by atoms with Gasteiger partial charge < -0.3 is 36.1 Å². The van der Waals surface area contributed by atoms with Crippen LogP contribution in [0.3, 0.4) is 0 Å². The van der Waals surface area contributed by atoms with E-state index in [4.69, 9.17) is 20.9 Å². The molecule has 2 bridgehead atoms. The van der Waals surface area contributed by atoms with Gasteiger partial charge in [-0.25, -0.2) is 4.79 Å². The first-order chi connectivity index (χ1) is 17.7. The Morgan fingerprint density at radius 2 is 2.11 bits per heavy atom. The molecule has 1 fully saturated rings. The molecule has 10 nitrogen and oxygen atoms in total. The Balaban J connectivity index is 1.41. The Kier molecular flexibility index (Phi) is 8.40. The summed E-state index contributed by atoms with van der Waals surface area (Å²) in [6.45, 7) is 3.84. The Morgan fingerprint density at radius 1 is 1.32 bits per heavy atom. The molecule has 1 aromatic rings. The van der Waals surface area contributed by atoms with E-state index in [-0.39, 0.29) is 24.8 Å². The van der Waals surface area contributed by atoms with Crippen molar-refractivity contribution >= 4 is 17.8 Å². The molecule has 1 saturated heterocycles. The third-order valence-electron chi connectivity index (χ3n) is 8.00. The number of hydrogen-bond donors (Lipinski definition) is 3. The van der Waals surface area contributed by atoms with Gasteiger partial charge in [-0.15, -0.1) is 0 Å². The number of nitrogens with one attached hydrogen (secondary N) is 1. The number of Topliss-reactive ketones (excluding diaryl/α,β-unsaturated/α-hetero) is 1. The van der Waals surface area contributed by atoms with Crippen molar-refractivity contribution in [3.8, 4) is 11.5 Å². The quantitative estimate of drug-likeness (QED) is 0.354. The maximum atomic E-state index is 13.1.